The van der Waals surface area contributed by atoms with Gasteiger partial charge in [-0.1, -0.05) is 23.7 Å². The molecule has 1 aliphatic carbocycles. The number of nitrogens with zero attached hydrogens (tertiary/aromatic N) is 1. The van der Waals surface area contributed by atoms with Gasteiger partial charge in [0.25, 0.3) is 5.91 Å². The molecule has 0 unspecified atom stereocenters. The molecule has 0 spiro atoms. The van der Waals surface area contributed by atoms with Crippen molar-refractivity contribution in [2.24, 2.45) is 5.92 Å². The number of nitrogens with one attached hydrogen (secondary N) is 1. The highest BCUT2D eigenvalue weighted by atomic mass is 35.5. The van der Waals surface area contributed by atoms with E-state index in [0.717, 1.165) is 19.1 Å². The Morgan fingerprint density at radius 3 is 2.67 bits per heavy atom. The molecule has 1 aromatic carbocycles. The van der Waals surface area contributed by atoms with Crippen LogP contribution in [0.3, 0.4) is 0 Å². The van der Waals surface area contributed by atoms with Crippen LogP contribution in [0.5, 0.6) is 0 Å². The van der Waals surface area contributed by atoms with E-state index in [2.05, 4.69) is 4.72 Å². The van der Waals surface area contributed by atoms with E-state index in [-0.39, 0.29) is 18.0 Å². The molecule has 114 valence electrons. The molecular formula is C14H17ClN2O3S. The van der Waals surface area contributed by atoms with Crippen LogP contribution in [-0.4, -0.2) is 44.1 Å². The van der Waals surface area contributed by atoms with Crippen molar-refractivity contribution in [2.45, 2.75) is 24.9 Å². The predicted octanol–water partition coefficient (Wildman–Crippen LogP) is 1.49. The van der Waals surface area contributed by atoms with Crippen molar-refractivity contribution in [1.29, 1.82) is 0 Å². The maximum atomic E-state index is 12.6. The summed E-state index contributed by atoms with van der Waals surface area (Å²) in [6, 6.07) is 6.69. The maximum Gasteiger partial charge on any atom is 0.255 e. The number of hydrogen-bond donors (Lipinski definition) is 1. The number of hydrogen-bond acceptors (Lipinski definition) is 3. The highest BCUT2D eigenvalue weighted by molar-refractivity contribution is 7.88. The van der Waals surface area contributed by atoms with Gasteiger partial charge in [0.1, 0.15) is 0 Å². The van der Waals surface area contributed by atoms with Crippen LogP contribution in [0.2, 0.25) is 5.02 Å². The zero-order valence-electron chi connectivity index (χ0n) is 11.6. The van der Waals surface area contributed by atoms with Crippen molar-refractivity contribution < 1.29 is 13.2 Å². The molecule has 2 fully saturated rings. The molecule has 1 saturated heterocycles. The molecule has 21 heavy (non-hydrogen) atoms. The second kappa shape index (κ2) is 5.26. The lowest BCUT2D eigenvalue weighted by Crippen LogP contribution is -2.51. The molecule has 2 aliphatic rings. The molecule has 7 heteroatoms. The van der Waals surface area contributed by atoms with E-state index in [1.165, 1.54) is 0 Å². The molecule has 3 rings (SSSR count). The van der Waals surface area contributed by atoms with Gasteiger partial charge in [0, 0.05) is 18.6 Å². The van der Waals surface area contributed by atoms with Crippen LogP contribution in [0.15, 0.2) is 24.3 Å². The number of piperidine rings is 1. The van der Waals surface area contributed by atoms with E-state index in [4.69, 9.17) is 11.6 Å². The van der Waals surface area contributed by atoms with Gasteiger partial charge in [-0.05, 0) is 30.9 Å². The number of halogens is 1. The number of amides is 1. The van der Waals surface area contributed by atoms with Crippen molar-refractivity contribution in [3.8, 4) is 0 Å². The molecule has 1 aromatic rings. The van der Waals surface area contributed by atoms with Crippen LogP contribution in [-0.2, 0) is 10.0 Å². The Kier molecular flexibility index (Phi) is 3.71. The van der Waals surface area contributed by atoms with Gasteiger partial charge in [0.05, 0.1) is 16.8 Å². The Morgan fingerprint density at radius 2 is 2.05 bits per heavy atom. The molecule has 0 aromatic heterocycles. The fourth-order valence-corrected chi connectivity index (χ4v) is 4.47. The van der Waals surface area contributed by atoms with Gasteiger partial charge >= 0.3 is 0 Å². The van der Waals surface area contributed by atoms with E-state index in [1.807, 2.05) is 0 Å². The first-order valence-electron chi connectivity index (χ1n) is 6.88. The number of likely N-dealkylation sites (tertiary alicyclic amines) is 1. The Balaban J connectivity index is 1.81. The minimum absolute atomic E-state index is 0.0755. The largest absolute Gasteiger partial charge is 0.334 e. The molecule has 1 saturated carbocycles. The van der Waals surface area contributed by atoms with E-state index >= 15 is 0 Å². The van der Waals surface area contributed by atoms with Crippen molar-refractivity contribution in [3.63, 3.8) is 0 Å². The van der Waals surface area contributed by atoms with E-state index in [0.29, 0.717) is 23.0 Å². The average Bonchev–Trinajstić information content (AvgIpc) is 2.96. The van der Waals surface area contributed by atoms with E-state index < -0.39 is 10.0 Å². The molecule has 1 heterocycles. The zero-order chi connectivity index (χ0) is 15.2. The third-order valence-electron chi connectivity index (χ3n) is 4.21. The standard InChI is InChI=1S/C14H17ClN2O3S/c1-21(19,20)16-12-6-9-7-13(12)17(8-9)14(18)10-4-2-3-5-11(10)15/h2-5,9,12-13,16H,6-8H2,1H3/t9-,12+,13-/m1/s1. The smallest absolute Gasteiger partial charge is 0.255 e. The van der Waals surface area contributed by atoms with Crippen LogP contribution in [0.25, 0.3) is 0 Å². The van der Waals surface area contributed by atoms with Crippen molar-refractivity contribution in [1.82, 2.24) is 9.62 Å². The Bertz CT molecular complexity index is 677. The number of rotatable bonds is 3. The molecule has 1 aliphatic heterocycles. The lowest BCUT2D eigenvalue weighted by Gasteiger charge is -2.33. The minimum Gasteiger partial charge on any atom is -0.334 e. The first-order chi connectivity index (χ1) is 9.85. The van der Waals surface area contributed by atoms with Crippen LogP contribution >= 0.6 is 11.6 Å². The van der Waals surface area contributed by atoms with Gasteiger partial charge in [-0.2, -0.15) is 0 Å². The predicted molar refractivity (Wildman–Crippen MR) is 80.8 cm³/mol. The van der Waals surface area contributed by atoms with Crippen LogP contribution in [0, 0.1) is 5.92 Å². The van der Waals surface area contributed by atoms with E-state index in [9.17, 15) is 13.2 Å². The van der Waals surface area contributed by atoms with Crippen LogP contribution < -0.4 is 4.72 Å². The summed E-state index contributed by atoms with van der Waals surface area (Å²) in [4.78, 5) is 14.4. The van der Waals surface area contributed by atoms with Gasteiger partial charge in [-0.15, -0.1) is 0 Å². The van der Waals surface area contributed by atoms with E-state index in [1.54, 1.807) is 29.2 Å². The number of benzene rings is 1. The van der Waals surface area contributed by atoms with Crippen molar-refractivity contribution >= 4 is 27.5 Å². The van der Waals surface area contributed by atoms with Crippen LogP contribution in [0.1, 0.15) is 23.2 Å². The highest BCUT2D eigenvalue weighted by Gasteiger charge is 2.47. The summed E-state index contributed by atoms with van der Waals surface area (Å²) in [6.45, 7) is 0.677. The minimum atomic E-state index is -3.27. The lowest BCUT2D eigenvalue weighted by atomic mass is 10.1. The molecule has 3 atom stereocenters. The first-order valence-corrected chi connectivity index (χ1v) is 9.15. The van der Waals surface area contributed by atoms with Gasteiger partial charge in [-0.3, -0.25) is 4.79 Å². The first kappa shape index (κ1) is 14.8. The Hall–Kier alpha value is -1.11. The summed E-state index contributed by atoms with van der Waals surface area (Å²) in [6.07, 6.45) is 2.80. The number of fused-ring (bicyclic) bond motifs is 2. The highest BCUT2D eigenvalue weighted by Crippen LogP contribution is 2.39. The molecule has 1 amide bonds. The molecule has 0 radical (unpaired) electrons. The second-order valence-corrected chi connectivity index (χ2v) is 8.03. The quantitative estimate of drug-likeness (QED) is 0.914. The SMILES string of the molecule is CS(=O)(=O)N[C@H]1C[C@@H]2C[C@H]1N(C(=O)c1ccccc1Cl)C2. The summed E-state index contributed by atoms with van der Waals surface area (Å²) >= 11 is 6.08. The zero-order valence-corrected chi connectivity index (χ0v) is 13.2. The summed E-state index contributed by atoms with van der Waals surface area (Å²) in [5.74, 6) is 0.244. The molecule has 5 nitrogen and oxygen atoms in total. The summed E-state index contributed by atoms with van der Waals surface area (Å²) in [7, 11) is -3.27. The molecule has 1 N–H and O–H groups in total. The van der Waals surface area contributed by atoms with Crippen LogP contribution in [0.4, 0.5) is 0 Å². The number of sulfonamides is 1. The van der Waals surface area contributed by atoms with Gasteiger partial charge in [0.15, 0.2) is 0 Å². The fraction of sp³-hybridized carbons (Fsp3) is 0.500. The van der Waals surface area contributed by atoms with Gasteiger partial charge in [-0.25, -0.2) is 13.1 Å². The second-order valence-electron chi connectivity index (χ2n) is 5.84. The summed E-state index contributed by atoms with van der Waals surface area (Å²) in [5, 5.41) is 0.429. The Morgan fingerprint density at radius 1 is 1.33 bits per heavy atom. The summed E-state index contributed by atoms with van der Waals surface area (Å²) in [5.41, 5.74) is 0.477. The third-order valence-corrected chi connectivity index (χ3v) is 5.27. The monoisotopic (exact) mass is 328 g/mol. The number of carbonyl (C=O) groups excluding carboxylic acids is 1. The van der Waals surface area contributed by atoms with Gasteiger partial charge in [0.2, 0.25) is 10.0 Å². The fourth-order valence-electron chi connectivity index (χ4n) is 3.45. The topological polar surface area (TPSA) is 66.5 Å². The lowest BCUT2D eigenvalue weighted by molar-refractivity contribution is 0.0678. The molecule has 2 bridgehead atoms. The van der Waals surface area contributed by atoms with Crippen molar-refractivity contribution in [3.05, 3.63) is 34.9 Å². The van der Waals surface area contributed by atoms with Crippen molar-refractivity contribution in [2.75, 3.05) is 12.8 Å². The Labute approximate surface area is 129 Å². The normalized spacial score (nSPS) is 28.1. The average molecular weight is 329 g/mol. The molecular weight excluding hydrogens is 312 g/mol. The summed E-state index contributed by atoms with van der Waals surface area (Å²) < 4.78 is 25.5. The third kappa shape index (κ3) is 2.93. The maximum absolute atomic E-state index is 12.6. The number of carbonyl (C=O) groups is 1. The van der Waals surface area contributed by atoms with Gasteiger partial charge < -0.3 is 4.90 Å².